The number of amides is 1. The van der Waals surface area contributed by atoms with Crippen LogP contribution in [0.4, 0.5) is 5.69 Å². The Labute approximate surface area is 245 Å². The first kappa shape index (κ1) is 29.6. The Morgan fingerprint density at radius 2 is 1.61 bits per heavy atom. The molecule has 0 aliphatic rings. The first-order chi connectivity index (χ1) is 19.8. The van der Waals surface area contributed by atoms with Crippen LogP contribution in [0.25, 0.3) is 0 Å². The van der Waals surface area contributed by atoms with Crippen LogP contribution in [0.2, 0.25) is 5.02 Å². The SMILES string of the molecule is CCOc1ccccc1N(CC(=O)N/N=C\c1ccc(OCc2ccccc2Cl)cc1)S(=O)(=O)c1ccc(C)cc1. The summed E-state index contributed by atoms with van der Waals surface area (Å²) in [5.41, 5.74) is 5.18. The van der Waals surface area contributed by atoms with Gasteiger partial charge in [-0.3, -0.25) is 9.10 Å². The van der Waals surface area contributed by atoms with Gasteiger partial charge in [-0.15, -0.1) is 0 Å². The summed E-state index contributed by atoms with van der Waals surface area (Å²) in [6.07, 6.45) is 1.46. The maximum Gasteiger partial charge on any atom is 0.264 e. The third kappa shape index (κ3) is 7.87. The lowest BCUT2D eigenvalue weighted by Gasteiger charge is -2.25. The minimum Gasteiger partial charge on any atom is -0.492 e. The number of nitrogens with zero attached hydrogens (tertiary/aromatic N) is 2. The summed E-state index contributed by atoms with van der Waals surface area (Å²) < 4.78 is 39.8. The lowest BCUT2D eigenvalue weighted by atomic mass is 10.2. The van der Waals surface area contributed by atoms with Gasteiger partial charge >= 0.3 is 0 Å². The number of hydrogen-bond donors (Lipinski definition) is 1. The summed E-state index contributed by atoms with van der Waals surface area (Å²) in [7, 11) is -4.10. The molecule has 4 aromatic rings. The molecule has 4 rings (SSSR count). The van der Waals surface area contributed by atoms with E-state index in [1.165, 1.54) is 18.3 Å². The van der Waals surface area contributed by atoms with Crippen molar-refractivity contribution in [1.82, 2.24) is 5.43 Å². The smallest absolute Gasteiger partial charge is 0.264 e. The second-order valence-electron chi connectivity index (χ2n) is 8.97. The fourth-order valence-electron chi connectivity index (χ4n) is 3.85. The maximum absolute atomic E-state index is 13.7. The molecule has 0 spiro atoms. The number of hydrazone groups is 1. The monoisotopic (exact) mass is 591 g/mol. The van der Waals surface area contributed by atoms with Crippen LogP contribution in [0.1, 0.15) is 23.6 Å². The minimum atomic E-state index is -4.10. The fourth-order valence-corrected chi connectivity index (χ4v) is 5.47. The molecular formula is C31H30ClN3O5S. The molecule has 0 aromatic heterocycles. The maximum atomic E-state index is 13.7. The zero-order valence-electron chi connectivity index (χ0n) is 22.7. The second kappa shape index (κ2) is 13.8. The van der Waals surface area contributed by atoms with E-state index >= 15 is 0 Å². The molecule has 10 heteroatoms. The molecular weight excluding hydrogens is 562 g/mol. The Balaban J connectivity index is 1.45. The lowest BCUT2D eigenvalue weighted by Crippen LogP contribution is -2.39. The quantitative estimate of drug-likeness (QED) is 0.162. The van der Waals surface area contributed by atoms with E-state index in [-0.39, 0.29) is 10.6 Å². The Morgan fingerprint density at radius 3 is 2.32 bits per heavy atom. The molecule has 212 valence electrons. The molecule has 0 fully saturated rings. The van der Waals surface area contributed by atoms with Crippen LogP contribution in [0.15, 0.2) is 107 Å². The van der Waals surface area contributed by atoms with E-state index in [0.717, 1.165) is 15.4 Å². The molecule has 41 heavy (non-hydrogen) atoms. The number of anilines is 1. The highest BCUT2D eigenvalue weighted by atomic mass is 35.5. The summed E-state index contributed by atoms with van der Waals surface area (Å²) in [5, 5.41) is 4.65. The zero-order valence-corrected chi connectivity index (χ0v) is 24.2. The van der Waals surface area contributed by atoms with Gasteiger partial charge in [-0.1, -0.05) is 59.6 Å². The van der Waals surface area contributed by atoms with Gasteiger partial charge in [-0.25, -0.2) is 13.8 Å². The summed E-state index contributed by atoms with van der Waals surface area (Å²) in [6, 6.07) is 27.7. The Hall–Kier alpha value is -4.34. The van der Waals surface area contributed by atoms with Crippen molar-refractivity contribution in [3.8, 4) is 11.5 Å². The molecule has 0 saturated carbocycles. The van der Waals surface area contributed by atoms with E-state index < -0.39 is 22.5 Å². The first-order valence-electron chi connectivity index (χ1n) is 12.9. The molecule has 0 radical (unpaired) electrons. The number of carbonyl (C=O) groups is 1. The normalized spacial score (nSPS) is 11.3. The molecule has 0 unspecified atom stereocenters. The molecule has 1 amide bonds. The Bertz CT molecular complexity index is 1610. The van der Waals surface area contributed by atoms with Gasteiger partial charge in [0.25, 0.3) is 15.9 Å². The van der Waals surface area contributed by atoms with Gasteiger partial charge in [0.2, 0.25) is 0 Å². The van der Waals surface area contributed by atoms with Crippen LogP contribution in [-0.2, 0) is 21.4 Å². The van der Waals surface area contributed by atoms with Gasteiger partial charge in [0.1, 0.15) is 24.7 Å². The van der Waals surface area contributed by atoms with Gasteiger partial charge in [0.05, 0.1) is 23.4 Å². The molecule has 0 aliphatic carbocycles. The second-order valence-corrected chi connectivity index (χ2v) is 11.2. The van der Waals surface area contributed by atoms with Crippen LogP contribution in [-0.4, -0.2) is 33.7 Å². The number of carbonyl (C=O) groups excluding carboxylic acids is 1. The van der Waals surface area contributed by atoms with Crippen molar-refractivity contribution in [3.63, 3.8) is 0 Å². The van der Waals surface area contributed by atoms with Crippen molar-refractivity contribution in [2.75, 3.05) is 17.5 Å². The minimum absolute atomic E-state index is 0.0579. The molecule has 1 N–H and O–H groups in total. The largest absolute Gasteiger partial charge is 0.492 e. The molecule has 0 heterocycles. The van der Waals surface area contributed by atoms with Crippen LogP contribution >= 0.6 is 11.6 Å². The van der Waals surface area contributed by atoms with Crippen LogP contribution in [0, 0.1) is 6.92 Å². The van der Waals surface area contributed by atoms with Gasteiger partial charge in [-0.05, 0) is 74.0 Å². The summed E-state index contributed by atoms with van der Waals surface area (Å²) in [5.74, 6) is 0.373. The lowest BCUT2D eigenvalue weighted by molar-refractivity contribution is -0.119. The summed E-state index contributed by atoms with van der Waals surface area (Å²) >= 11 is 6.17. The average molecular weight is 592 g/mol. The predicted molar refractivity (Wildman–Crippen MR) is 161 cm³/mol. The van der Waals surface area contributed by atoms with Crippen molar-refractivity contribution in [3.05, 3.63) is 119 Å². The number of benzene rings is 4. The average Bonchev–Trinajstić information content (AvgIpc) is 2.97. The number of ether oxygens (including phenoxy) is 2. The third-order valence-corrected chi connectivity index (χ3v) is 8.11. The van der Waals surface area contributed by atoms with Gasteiger partial charge < -0.3 is 9.47 Å². The zero-order chi connectivity index (χ0) is 29.2. The highest BCUT2D eigenvalue weighted by Crippen LogP contribution is 2.32. The number of halogens is 1. The number of hydrogen-bond acceptors (Lipinski definition) is 6. The molecule has 0 bridgehead atoms. The van der Waals surface area contributed by atoms with Crippen molar-refractivity contribution in [1.29, 1.82) is 0 Å². The molecule has 8 nitrogen and oxygen atoms in total. The van der Waals surface area contributed by atoms with Crippen LogP contribution < -0.4 is 19.2 Å². The van der Waals surface area contributed by atoms with Crippen LogP contribution in [0.3, 0.4) is 0 Å². The third-order valence-electron chi connectivity index (χ3n) is 5.97. The number of nitrogens with one attached hydrogen (secondary N) is 1. The number of aryl methyl sites for hydroxylation is 1. The van der Waals surface area contributed by atoms with Crippen molar-refractivity contribution >= 4 is 39.4 Å². The Morgan fingerprint density at radius 1 is 0.927 bits per heavy atom. The molecule has 0 saturated heterocycles. The van der Waals surface area contributed by atoms with E-state index in [4.69, 9.17) is 21.1 Å². The van der Waals surface area contributed by atoms with E-state index in [1.807, 2.05) is 31.2 Å². The topological polar surface area (TPSA) is 97.3 Å². The standard InChI is InChI=1S/C31H30ClN3O5S/c1-3-39-30-11-7-6-10-29(30)35(41(37,38)27-18-12-23(2)13-19-27)21-31(36)34-33-20-24-14-16-26(17-15-24)40-22-25-8-4-5-9-28(25)32/h4-20H,3,21-22H2,1-2H3,(H,34,36)/b33-20-. The summed E-state index contributed by atoms with van der Waals surface area (Å²) in [4.78, 5) is 13.0. The number of rotatable bonds is 12. The fraction of sp³-hybridized carbons (Fsp3) is 0.161. The van der Waals surface area contributed by atoms with Gasteiger partial charge in [0, 0.05) is 10.6 Å². The van der Waals surface area contributed by atoms with Crippen molar-refractivity contribution in [2.24, 2.45) is 5.10 Å². The van der Waals surface area contributed by atoms with Gasteiger partial charge in [0.15, 0.2) is 0 Å². The van der Waals surface area contributed by atoms with Gasteiger partial charge in [-0.2, -0.15) is 5.10 Å². The van der Waals surface area contributed by atoms with E-state index in [1.54, 1.807) is 67.6 Å². The number of sulfonamides is 1. The Kier molecular flexibility index (Phi) is 10.00. The van der Waals surface area contributed by atoms with Crippen LogP contribution in [0.5, 0.6) is 11.5 Å². The first-order valence-corrected chi connectivity index (χ1v) is 14.7. The van der Waals surface area contributed by atoms with Crippen molar-refractivity contribution < 1.29 is 22.7 Å². The van der Waals surface area contributed by atoms with Crippen molar-refractivity contribution in [2.45, 2.75) is 25.3 Å². The van der Waals surface area contributed by atoms with E-state index in [0.29, 0.717) is 35.3 Å². The summed E-state index contributed by atoms with van der Waals surface area (Å²) in [6.45, 7) is 3.82. The van der Waals surface area contributed by atoms with E-state index in [2.05, 4.69) is 10.5 Å². The highest BCUT2D eigenvalue weighted by molar-refractivity contribution is 7.92. The number of para-hydroxylation sites is 2. The predicted octanol–water partition coefficient (Wildman–Crippen LogP) is 5.97. The molecule has 4 aromatic carbocycles. The highest BCUT2D eigenvalue weighted by Gasteiger charge is 2.29. The van der Waals surface area contributed by atoms with E-state index in [9.17, 15) is 13.2 Å². The molecule has 0 aliphatic heterocycles. The molecule has 0 atom stereocenters.